The number of aryl methyl sites for hydroxylation is 1. The first-order valence-electron chi connectivity index (χ1n) is 12.0. The zero-order chi connectivity index (χ0) is 29.5. The highest BCUT2D eigenvalue weighted by molar-refractivity contribution is 7.89. The van der Waals surface area contributed by atoms with Gasteiger partial charge in [-0.15, -0.1) is 0 Å². The zero-order valence-electron chi connectivity index (χ0n) is 21.4. The summed E-state index contributed by atoms with van der Waals surface area (Å²) >= 11 is 0. The molecule has 0 spiro atoms. The minimum Gasteiger partial charge on any atom is -0.322 e. The fourth-order valence-corrected chi connectivity index (χ4v) is 4.79. The van der Waals surface area contributed by atoms with Crippen LogP contribution in [-0.2, 0) is 10.0 Å². The molecule has 2 N–H and O–H groups in total. The Bertz CT molecular complexity index is 1990. The summed E-state index contributed by atoms with van der Waals surface area (Å²) in [5, 5.41) is 1.96. The Kier molecular flexibility index (Phi) is 7.15. The van der Waals surface area contributed by atoms with Crippen LogP contribution < -0.4 is 15.6 Å². The molecule has 0 saturated heterocycles. The van der Waals surface area contributed by atoms with Crippen molar-refractivity contribution in [2.24, 2.45) is 0 Å². The normalized spacial score (nSPS) is 11.5. The van der Waals surface area contributed by atoms with Crippen LogP contribution in [0.25, 0.3) is 28.0 Å². The topological polar surface area (TPSA) is 123 Å². The molecule has 0 bridgehead atoms. The molecule has 0 radical (unpaired) electrons. The van der Waals surface area contributed by atoms with Crippen molar-refractivity contribution in [3.8, 4) is 16.9 Å². The van der Waals surface area contributed by atoms with E-state index in [1.165, 1.54) is 42.5 Å². The molecule has 5 rings (SSSR count). The average molecular weight is 580 g/mol. The van der Waals surface area contributed by atoms with Crippen molar-refractivity contribution in [3.05, 3.63) is 112 Å². The number of fused-ring (bicyclic) bond motifs is 1. The third-order valence-corrected chi connectivity index (χ3v) is 7.46. The Morgan fingerprint density at radius 3 is 2.24 bits per heavy atom. The predicted octanol–water partition coefficient (Wildman–Crippen LogP) is 4.33. The number of nitrogens with one attached hydrogen (secondary N) is 2. The maximum atomic E-state index is 14.8. The van der Waals surface area contributed by atoms with Crippen LogP contribution in [0.2, 0.25) is 0 Å². The number of benzene rings is 3. The van der Waals surface area contributed by atoms with Gasteiger partial charge >= 0.3 is 0 Å². The van der Waals surface area contributed by atoms with E-state index in [-0.39, 0.29) is 27.9 Å². The Morgan fingerprint density at radius 2 is 1.59 bits per heavy atom. The molecule has 0 unspecified atom stereocenters. The van der Waals surface area contributed by atoms with Gasteiger partial charge < -0.3 is 5.32 Å². The van der Waals surface area contributed by atoms with E-state index in [0.717, 1.165) is 31.3 Å². The standard InChI is InChI=1S/C28H20F3N5O4S/c1-15-6-7-16(27(38)33-18-10-8-17(29)9-11-18)14-20(15)24-19-12-13-23(37)36(25-21(30)4-3-5-22(25)31)26(19)35-28(34-24)41(39,40)32-2/h3-14,32H,1-2H3,(H,33,38). The number of amides is 1. The number of anilines is 1. The zero-order valence-corrected chi connectivity index (χ0v) is 22.3. The van der Waals surface area contributed by atoms with Crippen LogP contribution in [0.1, 0.15) is 15.9 Å². The highest BCUT2D eigenvalue weighted by Crippen LogP contribution is 2.31. The summed E-state index contributed by atoms with van der Waals surface area (Å²) in [6.45, 7) is 1.68. The molecule has 0 aliphatic rings. The lowest BCUT2D eigenvalue weighted by atomic mass is 9.99. The Morgan fingerprint density at radius 1 is 0.902 bits per heavy atom. The Labute approximate surface area is 231 Å². The molecule has 13 heteroatoms. The number of para-hydroxylation sites is 1. The number of aromatic nitrogens is 3. The van der Waals surface area contributed by atoms with Gasteiger partial charge in [0.25, 0.3) is 26.6 Å². The highest BCUT2D eigenvalue weighted by Gasteiger charge is 2.25. The van der Waals surface area contributed by atoms with Crippen LogP contribution in [0.15, 0.2) is 82.7 Å². The molecule has 2 heterocycles. The minimum atomic E-state index is -4.32. The molecule has 9 nitrogen and oxygen atoms in total. The van der Waals surface area contributed by atoms with Crippen molar-refractivity contribution in [2.45, 2.75) is 12.1 Å². The molecular weight excluding hydrogens is 559 g/mol. The first kappa shape index (κ1) is 27.7. The van der Waals surface area contributed by atoms with E-state index in [1.54, 1.807) is 13.0 Å². The number of sulfonamides is 1. The molecule has 0 aliphatic heterocycles. The van der Waals surface area contributed by atoms with E-state index in [2.05, 4.69) is 20.0 Å². The molecule has 0 aliphatic carbocycles. The molecule has 5 aromatic rings. The van der Waals surface area contributed by atoms with Crippen molar-refractivity contribution in [1.82, 2.24) is 19.3 Å². The molecule has 3 aromatic carbocycles. The summed E-state index contributed by atoms with van der Waals surface area (Å²) in [5.74, 6) is -3.18. The third kappa shape index (κ3) is 5.19. The Hall–Kier alpha value is -4.88. The summed E-state index contributed by atoms with van der Waals surface area (Å²) in [6.07, 6.45) is 0. The van der Waals surface area contributed by atoms with E-state index in [4.69, 9.17) is 0 Å². The lowest BCUT2D eigenvalue weighted by Crippen LogP contribution is -2.25. The molecule has 0 saturated carbocycles. The van der Waals surface area contributed by atoms with Crippen molar-refractivity contribution < 1.29 is 26.4 Å². The van der Waals surface area contributed by atoms with E-state index in [0.29, 0.717) is 15.8 Å². The number of pyridine rings is 1. The second-order valence-corrected chi connectivity index (χ2v) is 10.6. The fraction of sp³-hybridized carbons (Fsp3) is 0.0714. The Balaban J connectivity index is 1.78. The van der Waals surface area contributed by atoms with Crippen molar-refractivity contribution >= 4 is 32.7 Å². The van der Waals surface area contributed by atoms with Gasteiger partial charge in [0.1, 0.15) is 23.1 Å². The van der Waals surface area contributed by atoms with Gasteiger partial charge in [-0.1, -0.05) is 12.1 Å². The molecule has 0 atom stereocenters. The summed E-state index contributed by atoms with van der Waals surface area (Å²) in [5.41, 5.74) is -0.670. The van der Waals surface area contributed by atoms with Gasteiger partial charge in [0.2, 0.25) is 0 Å². The molecule has 0 fully saturated rings. The molecule has 1 amide bonds. The summed E-state index contributed by atoms with van der Waals surface area (Å²) in [4.78, 5) is 34.2. The van der Waals surface area contributed by atoms with Crippen LogP contribution in [0.3, 0.4) is 0 Å². The highest BCUT2D eigenvalue weighted by atomic mass is 32.2. The maximum Gasteiger partial charge on any atom is 0.276 e. The lowest BCUT2D eigenvalue weighted by Gasteiger charge is -2.16. The molecule has 2 aromatic heterocycles. The van der Waals surface area contributed by atoms with Crippen molar-refractivity contribution in [1.29, 1.82) is 0 Å². The number of nitrogens with zero attached hydrogens (tertiary/aromatic N) is 3. The minimum absolute atomic E-state index is 0.0109. The molecule has 208 valence electrons. The van der Waals surface area contributed by atoms with Crippen molar-refractivity contribution in [3.63, 3.8) is 0 Å². The molecular formula is C28H20F3N5O4S. The lowest BCUT2D eigenvalue weighted by molar-refractivity contribution is 0.102. The fourth-order valence-electron chi connectivity index (χ4n) is 4.19. The summed E-state index contributed by atoms with van der Waals surface area (Å²) in [6, 6.07) is 15.1. The van der Waals surface area contributed by atoms with Crippen LogP contribution >= 0.6 is 0 Å². The third-order valence-electron chi connectivity index (χ3n) is 6.26. The number of carbonyl (C=O) groups is 1. The van der Waals surface area contributed by atoms with E-state index >= 15 is 0 Å². The van der Waals surface area contributed by atoms with Gasteiger partial charge in [-0.05, 0) is 74.1 Å². The van der Waals surface area contributed by atoms with E-state index in [1.807, 2.05) is 0 Å². The number of rotatable bonds is 6. The van der Waals surface area contributed by atoms with E-state index in [9.17, 15) is 31.2 Å². The van der Waals surface area contributed by atoms with Crippen molar-refractivity contribution in [2.75, 3.05) is 12.4 Å². The van der Waals surface area contributed by atoms with Crippen LogP contribution in [0, 0.1) is 24.4 Å². The summed E-state index contributed by atoms with van der Waals surface area (Å²) < 4.78 is 71.3. The first-order chi connectivity index (χ1) is 19.5. The van der Waals surface area contributed by atoms with Gasteiger partial charge in [0.15, 0.2) is 5.65 Å². The van der Waals surface area contributed by atoms with Gasteiger partial charge in [-0.2, -0.15) is 4.98 Å². The average Bonchev–Trinajstić information content (AvgIpc) is 2.94. The van der Waals surface area contributed by atoms with Crippen LogP contribution in [-0.4, -0.2) is 35.9 Å². The predicted molar refractivity (Wildman–Crippen MR) is 146 cm³/mol. The second-order valence-electron chi connectivity index (χ2n) is 8.87. The van der Waals surface area contributed by atoms with Crippen LogP contribution in [0.5, 0.6) is 0 Å². The molecule has 41 heavy (non-hydrogen) atoms. The van der Waals surface area contributed by atoms with E-state index < -0.39 is 49.8 Å². The first-order valence-corrected chi connectivity index (χ1v) is 13.5. The number of hydrogen-bond acceptors (Lipinski definition) is 6. The second kappa shape index (κ2) is 10.6. The number of halogens is 3. The monoisotopic (exact) mass is 579 g/mol. The quantitative estimate of drug-likeness (QED) is 0.289. The van der Waals surface area contributed by atoms with Gasteiger partial charge in [-0.3, -0.25) is 14.2 Å². The number of carbonyl (C=O) groups excluding carboxylic acids is 1. The maximum absolute atomic E-state index is 14.8. The largest absolute Gasteiger partial charge is 0.322 e. The summed E-state index contributed by atoms with van der Waals surface area (Å²) in [7, 11) is -3.19. The van der Waals surface area contributed by atoms with Crippen LogP contribution in [0.4, 0.5) is 18.9 Å². The van der Waals surface area contributed by atoms with Gasteiger partial charge in [0.05, 0.1) is 5.69 Å². The SMILES string of the molecule is CNS(=O)(=O)c1nc(-c2cc(C(=O)Nc3ccc(F)cc3)ccc2C)c2ccc(=O)n(-c3c(F)cccc3F)c2n1. The van der Waals surface area contributed by atoms with Gasteiger partial charge in [-0.25, -0.2) is 31.3 Å². The van der Waals surface area contributed by atoms with Gasteiger partial charge in [0, 0.05) is 28.3 Å². The smallest absolute Gasteiger partial charge is 0.276 e. The number of hydrogen-bond donors (Lipinski definition) is 2.